The van der Waals surface area contributed by atoms with Crippen molar-refractivity contribution in [3.63, 3.8) is 0 Å². The van der Waals surface area contributed by atoms with E-state index in [1.165, 1.54) is 29.5 Å². The minimum Gasteiger partial charge on any atom is -0.381 e. The Labute approximate surface area is 117 Å². The maximum Gasteiger partial charge on any atom is 0.0469 e. The average molecular weight is 261 g/mol. The second-order valence-corrected chi connectivity index (χ2v) is 5.45. The van der Waals surface area contributed by atoms with E-state index in [1.54, 1.807) is 0 Å². The zero-order chi connectivity index (χ0) is 13.7. The number of benzene rings is 1. The van der Waals surface area contributed by atoms with Crippen LogP contribution < -0.4 is 5.32 Å². The van der Waals surface area contributed by atoms with Gasteiger partial charge >= 0.3 is 0 Å². The molecule has 1 aromatic carbocycles. The zero-order valence-electron chi connectivity index (χ0n) is 12.5. The lowest BCUT2D eigenvalue weighted by atomic mass is 9.85. The molecule has 1 saturated heterocycles. The van der Waals surface area contributed by atoms with E-state index in [0.717, 1.165) is 26.1 Å². The van der Waals surface area contributed by atoms with Crippen molar-refractivity contribution in [3.05, 3.63) is 34.9 Å². The number of aryl methyl sites for hydroxylation is 2. The van der Waals surface area contributed by atoms with Crippen molar-refractivity contribution < 1.29 is 4.74 Å². The molecule has 1 heterocycles. The van der Waals surface area contributed by atoms with Crippen LogP contribution in [-0.4, -0.2) is 20.3 Å². The van der Waals surface area contributed by atoms with Gasteiger partial charge in [-0.3, -0.25) is 0 Å². The van der Waals surface area contributed by atoms with Gasteiger partial charge in [0.05, 0.1) is 0 Å². The summed E-state index contributed by atoms with van der Waals surface area (Å²) in [7, 11) is 2.08. The molecule has 0 radical (unpaired) electrons. The van der Waals surface area contributed by atoms with E-state index in [1.807, 2.05) is 0 Å². The van der Waals surface area contributed by atoms with Crippen molar-refractivity contribution >= 4 is 0 Å². The third kappa shape index (κ3) is 3.37. The van der Waals surface area contributed by atoms with Crippen LogP contribution in [0.4, 0.5) is 0 Å². The highest BCUT2D eigenvalue weighted by Crippen LogP contribution is 2.31. The molecule has 1 fully saturated rings. The van der Waals surface area contributed by atoms with Crippen LogP contribution >= 0.6 is 0 Å². The fourth-order valence-electron chi connectivity index (χ4n) is 3.24. The lowest BCUT2D eigenvalue weighted by molar-refractivity contribution is 0.0546. The largest absolute Gasteiger partial charge is 0.381 e. The monoisotopic (exact) mass is 261 g/mol. The molecule has 106 valence electrons. The molecule has 1 atom stereocenters. The molecule has 1 aliphatic rings. The van der Waals surface area contributed by atoms with Crippen molar-refractivity contribution in [2.75, 3.05) is 20.3 Å². The van der Waals surface area contributed by atoms with E-state index in [0.29, 0.717) is 12.0 Å². The van der Waals surface area contributed by atoms with Gasteiger partial charge in [-0.25, -0.2) is 0 Å². The fourth-order valence-corrected chi connectivity index (χ4v) is 3.24. The van der Waals surface area contributed by atoms with Gasteiger partial charge in [0.25, 0.3) is 0 Å². The summed E-state index contributed by atoms with van der Waals surface area (Å²) >= 11 is 0. The molecule has 0 bridgehead atoms. The highest BCUT2D eigenvalue weighted by Gasteiger charge is 2.24. The highest BCUT2D eigenvalue weighted by atomic mass is 16.5. The van der Waals surface area contributed by atoms with Crippen LogP contribution in [0.3, 0.4) is 0 Å². The van der Waals surface area contributed by atoms with Gasteiger partial charge in [0.1, 0.15) is 0 Å². The first kappa shape index (κ1) is 14.5. The average Bonchev–Trinajstić information content (AvgIpc) is 2.49. The third-order valence-corrected chi connectivity index (χ3v) is 4.40. The Morgan fingerprint density at radius 1 is 1.16 bits per heavy atom. The summed E-state index contributed by atoms with van der Waals surface area (Å²) < 4.78 is 5.48. The number of rotatable bonds is 5. The molecular formula is C17H27NO. The SMILES string of the molecule is CCc1ccc(C(NC)C2CCOCC2)cc1CC. The predicted octanol–water partition coefficient (Wildman–Crippen LogP) is 3.50. The molecule has 0 aliphatic carbocycles. The normalized spacial score (nSPS) is 18.5. The molecule has 1 aromatic rings. The predicted molar refractivity (Wildman–Crippen MR) is 80.5 cm³/mol. The summed E-state index contributed by atoms with van der Waals surface area (Å²) in [4.78, 5) is 0. The summed E-state index contributed by atoms with van der Waals surface area (Å²) in [6, 6.07) is 7.52. The molecule has 2 heteroatoms. The minimum absolute atomic E-state index is 0.472. The Balaban J connectivity index is 2.22. The van der Waals surface area contributed by atoms with Crippen molar-refractivity contribution in [2.24, 2.45) is 5.92 Å². The second kappa shape index (κ2) is 7.06. The molecule has 1 unspecified atom stereocenters. The van der Waals surface area contributed by atoms with E-state index in [9.17, 15) is 0 Å². The lowest BCUT2D eigenvalue weighted by Crippen LogP contribution is -2.30. The van der Waals surface area contributed by atoms with Gasteiger partial charge < -0.3 is 10.1 Å². The number of hydrogen-bond acceptors (Lipinski definition) is 2. The zero-order valence-corrected chi connectivity index (χ0v) is 12.5. The van der Waals surface area contributed by atoms with Crippen LogP contribution in [0.5, 0.6) is 0 Å². The Morgan fingerprint density at radius 2 is 1.84 bits per heavy atom. The quantitative estimate of drug-likeness (QED) is 0.876. The van der Waals surface area contributed by atoms with E-state index < -0.39 is 0 Å². The third-order valence-electron chi connectivity index (χ3n) is 4.40. The molecule has 0 aromatic heterocycles. The van der Waals surface area contributed by atoms with Gasteiger partial charge in [0, 0.05) is 19.3 Å². The van der Waals surface area contributed by atoms with E-state index in [2.05, 4.69) is 44.4 Å². The summed E-state index contributed by atoms with van der Waals surface area (Å²) in [6.07, 6.45) is 4.59. The van der Waals surface area contributed by atoms with Crippen LogP contribution in [0.1, 0.15) is 49.4 Å². The van der Waals surface area contributed by atoms with Crippen LogP contribution in [0.15, 0.2) is 18.2 Å². The van der Waals surface area contributed by atoms with Crippen molar-refractivity contribution in [1.29, 1.82) is 0 Å². The van der Waals surface area contributed by atoms with Crippen molar-refractivity contribution in [2.45, 2.75) is 45.6 Å². The molecular weight excluding hydrogens is 234 g/mol. The Morgan fingerprint density at radius 3 is 2.42 bits per heavy atom. The summed E-state index contributed by atoms with van der Waals surface area (Å²) in [6.45, 7) is 6.32. The van der Waals surface area contributed by atoms with Gasteiger partial charge in [0.2, 0.25) is 0 Å². The molecule has 0 spiro atoms. The Hall–Kier alpha value is -0.860. The molecule has 19 heavy (non-hydrogen) atoms. The first-order chi connectivity index (χ1) is 9.30. The summed E-state index contributed by atoms with van der Waals surface area (Å²) in [5.74, 6) is 0.705. The van der Waals surface area contributed by atoms with Crippen LogP contribution in [0, 0.1) is 5.92 Å². The maximum absolute atomic E-state index is 5.48. The van der Waals surface area contributed by atoms with Gasteiger partial charge in [0.15, 0.2) is 0 Å². The Bertz CT molecular complexity index is 396. The smallest absolute Gasteiger partial charge is 0.0469 e. The van der Waals surface area contributed by atoms with Crippen LogP contribution in [0.25, 0.3) is 0 Å². The van der Waals surface area contributed by atoms with Crippen LogP contribution in [-0.2, 0) is 17.6 Å². The van der Waals surface area contributed by atoms with Gasteiger partial charge in [-0.2, -0.15) is 0 Å². The van der Waals surface area contributed by atoms with Gasteiger partial charge in [-0.05, 0) is 55.3 Å². The van der Waals surface area contributed by atoms with Crippen LogP contribution in [0.2, 0.25) is 0 Å². The van der Waals surface area contributed by atoms with Gasteiger partial charge in [-0.1, -0.05) is 32.0 Å². The highest BCUT2D eigenvalue weighted by molar-refractivity contribution is 5.34. The summed E-state index contributed by atoms with van der Waals surface area (Å²) in [5.41, 5.74) is 4.45. The Kier molecular flexibility index (Phi) is 5.41. The van der Waals surface area contributed by atoms with E-state index in [-0.39, 0.29) is 0 Å². The van der Waals surface area contributed by atoms with E-state index >= 15 is 0 Å². The van der Waals surface area contributed by atoms with Crippen molar-refractivity contribution in [1.82, 2.24) is 5.32 Å². The van der Waals surface area contributed by atoms with Gasteiger partial charge in [-0.15, -0.1) is 0 Å². The fraction of sp³-hybridized carbons (Fsp3) is 0.647. The van der Waals surface area contributed by atoms with E-state index in [4.69, 9.17) is 4.74 Å². The first-order valence-corrected chi connectivity index (χ1v) is 7.66. The molecule has 0 saturated carbocycles. The molecule has 0 amide bonds. The standard InChI is InChI=1S/C17H27NO/c1-4-13-6-7-16(12-14(13)5-2)17(18-3)15-8-10-19-11-9-15/h6-7,12,15,17-18H,4-5,8-11H2,1-3H3. The van der Waals surface area contributed by atoms with Crippen molar-refractivity contribution in [3.8, 4) is 0 Å². The summed E-state index contributed by atoms with van der Waals surface area (Å²) in [5, 5.41) is 3.52. The number of nitrogens with one attached hydrogen (secondary N) is 1. The number of hydrogen-bond donors (Lipinski definition) is 1. The number of ether oxygens (including phenoxy) is 1. The second-order valence-electron chi connectivity index (χ2n) is 5.45. The first-order valence-electron chi connectivity index (χ1n) is 7.66. The molecule has 1 N–H and O–H groups in total. The lowest BCUT2D eigenvalue weighted by Gasteiger charge is -2.31. The minimum atomic E-state index is 0.472. The molecule has 1 aliphatic heterocycles. The maximum atomic E-state index is 5.48. The molecule has 2 nitrogen and oxygen atoms in total. The molecule has 2 rings (SSSR count). The topological polar surface area (TPSA) is 21.3 Å².